The fourth-order valence-corrected chi connectivity index (χ4v) is 3.41. The summed E-state index contributed by atoms with van der Waals surface area (Å²) in [6, 6.07) is 12.1. The lowest BCUT2D eigenvalue weighted by Gasteiger charge is -2.14. The van der Waals surface area contributed by atoms with Crippen molar-refractivity contribution in [1.82, 2.24) is 4.72 Å². The number of carbonyl (C=O) groups is 1. The van der Waals surface area contributed by atoms with Crippen molar-refractivity contribution in [3.05, 3.63) is 59.7 Å². The molecule has 0 saturated carbocycles. The maximum atomic E-state index is 12.5. The van der Waals surface area contributed by atoms with Gasteiger partial charge in [0.1, 0.15) is 11.8 Å². The van der Waals surface area contributed by atoms with Crippen LogP contribution in [0.1, 0.15) is 17.5 Å². The van der Waals surface area contributed by atoms with Gasteiger partial charge >= 0.3 is 5.97 Å². The third-order valence-corrected chi connectivity index (χ3v) is 5.20. The molecule has 0 aliphatic heterocycles. The van der Waals surface area contributed by atoms with Gasteiger partial charge in [-0.2, -0.15) is 4.72 Å². The van der Waals surface area contributed by atoms with Crippen LogP contribution in [0.15, 0.2) is 53.4 Å². The van der Waals surface area contributed by atoms with Crippen LogP contribution < -0.4 is 9.46 Å². The maximum absolute atomic E-state index is 12.5. The van der Waals surface area contributed by atoms with Gasteiger partial charge in [0, 0.05) is 17.5 Å². The quantitative estimate of drug-likeness (QED) is 0.595. The van der Waals surface area contributed by atoms with E-state index >= 15 is 0 Å². The first-order chi connectivity index (χ1) is 13.4. The summed E-state index contributed by atoms with van der Waals surface area (Å²) in [6.07, 6.45) is 5.07. The van der Waals surface area contributed by atoms with Gasteiger partial charge in [-0.25, -0.2) is 8.42 Å². The molecule has 0 bridgehead atoms. The molecule has 0 aromatic heterocycles. The molecule has 2 aromatic carbocycles. The van der Waals surface area contributed by atoms with E-state index in [9.17, 15) is 13.2 Å². The number of methoxy groups -OCH3 is 2. The second kappa shape index (κ2) is 9.61. The number of rotatable bonds is 6. The summed E-state index contributed by atoms with van der Waals surface area (Å²) in [5.41, 5.74) is 1.44. The van der Waals surface area contributed by atoms with Crippen LogP contribution >= 0.6 is 0 Å². The molecule has 0 aliphatic carbocycles. The van der Waals surface area contributed by atoms with Crippen LogP contribution in [0.2, 0.25) is 0 Å². The summed E-state index contributed by atoms with van der Waals surface area (Å²) in [4.78, 5) is 11.6. The van der Waals surface area contributed by atoms with E-state index in [4.69, 9.17) is 11.2 Å². The van der Waals surface area contributed by atoms with E-state index in [2.05, 4.69) is 27.2 Å². The summed E-state index contributed by atoms with van der Waals surface area (Å²) < 4.78 is 36.8. The van der Waals surface area contributed by atoms with Gasteiger partial charge in [0.05, 0.1) is 19.1 Å². The minimum Gasteiger partial charge on any atom is -0.497 e. The highest BCUT2D eigenvalue weighted by Crippen LogP contribution is 2.13. The molecule has 1 unspecified atom stereocenters. The van der Waals surface area contributed by atoms with E-state index in [-0.39, 0.29) is 11.3 Å². The SMILES string of the molecule is C#CCC(NS(=O)(=O)c1ccc(C#Cc2ccc(OC)cc2)cc1)C(=O)OC. The Kier molecular flexibility index (Phi) is 7.22. The molecule has 0 radical (unpaired) electrons. The Hall–Kier alpha value is -3.26. The molecule has 1 N–H and O–H groups in total. The average Bonchev–Trinajstić information content (AvgIpc) is 2.72. The monoisotopic (exact) mass is 397 g/mol. The van der Waals surface area contributed by atoms with Crippen LogP contribution in [0.4, 0.5) is 0 Å². The van der Waals surface area contributed by atoms with Crippen LogP contribution in [-0.2, 0) is 19.6 Å². The highest BCUT2D eigenvalue weighted by atomic mass is 32.2. The fourth-order valence-electron chi connectivity index (χ4n) is 2.22. The van der Waals surface area contributed by atoms with Crippen LogP contribution in [0.3, 0.4) is 0 Å². The van der Waals surface area contributed by atoms with E-state index in [1.165, 1.54) is 12.1 Å². The fraction of sp³-hybridized carbons (Fsp3) is 0.190. The highest BCUT2D eigenvalue weighted by molar-refractivity contribution is 7.89. The second-order valence-electron chi connectivity index (χ2n) is 5.61. The lowest BCUT2D eigenvalue weighted by Crippen LogP contribution is -2.41. The normalized spacial score (nSPS) is 11.5. The van der Waals surface area contributed by atoms with Gasteiger partial charge in [0.25, 0.3) is 0 Å². The first-order valence-corrected chi connectivity index (χ1v) is 9.67. The molecule has 2 rings (SSSR count). The first-order valence-electron chi connectivity index (χ1n) is 8.19. The number of sulfonamides is 1. The number of nitrogens with one attached hydrogen (secondary N) is 1. The molecule has 28 heavy (non-hydrogen) atoms. The zero-order chi connectivity index (χ0) is 20.6. The van der Waals surface area contributed by atoms with Crippen molar-refractivity contribution in [2.45, 2.75) is 17.4 Å². The average molecular weight is 397 g/mol. The number of hydrogen-bond donors (Lipinski definition) is 1. The predicted molar refractivity (Wildman–Crippen MR) is 105 cm³/mol. The van der Waals surface area contributed by atoms with Crippen LogP contribution in [-0.4, -0.2) is 34.6 Å². The standard InChI is InChI=1S/C21H19NO5S/c1-4-5-20(21(23)27-3)22-28(24,25)19-14-10-17(11-15-19)7-6-16-8-12-18(26-2)13-9-16/h1,8-15,20,22H,5H2,2-3H3. The van der Waals surface area contributed by atoms with Crippen LogP contribution in [0, 0.1) is 24.2 Å². The molecule has 0 aliphatic rings. The molecular formula is C21H19NO5S. The van der Waals surface area contributed by atoms with Crippen molar-refractivity contribution >= 4 is 16.0 Å². The minimum atomic E-state index is -3.94. The largest absolute Gasteiger partial charge is 0.497 e. The topological polar surface area (TPSA) is 81.7 Å². The molecule has 2 aromatic rings. The minimum absolute atomic E-state index is 0.00609. The molecular weight excluding hydrogens is 378 g/mol. The lowest BCUT2D eigenvalue weighted by atomic mass is 10.2. The molecule has 1 atom stereocenters. The summed E-state index contributed by atoms with van der Waals surface area (Å²) in [5.74, 6) is 8.19. The summed E-state index contributed by atoms with van der Waals surface area (Å²) >= 11 is 0. The number of terminal acetylenes is 1. The van der Waals surface area contributed by atoms with Crippen LogP contribution in [0.25, 0.3) is 0 Å². The Morgan fingerprint density at radius 3 is 2.04 bits per heavy atom. The van der Waals surface area contributed by atoms with E-state index in [1.807, 2.05) is 12.1 Å². The van der Waals surface area contributed by atoms with Gasteiger partial charge in [0.2, 0.25) is 10.0 Å². The van der Waals surface area contributed by atoms with Crippen molar-refractivity contribution in [3.8, 4) is 29.9 Å². The molecule has 7 heteroatoms. The number of ether oxygens (including phenoxy) is 2. The van der Waals surface area contributed by atoms with Crippen molar-refractivity contribution < 1.29 is 22.7 Å². The van der Waals surface area contributed by atoms with Crippen molar-refractivity contribution in [2.24, 2.45) is 0 Å². The van der Waals surface area contributed by atoms with Crippen molar-refractivity contribution in [3.63, 3.8) is 0 Å². The zero-order valence-electron chi connectivity index (χ0n) is 15.4. The molecule has 0 saturated heterocycles. The Balaban J connectivity index is 2.15. The van der Waals surface area contributed by atoms with Gasteiger partial charge < -0.3 is 9.47 Å². The van der Waals surface area contributed by atoms with Gasteiger partial charge in [-0.15, -0.1) is 12.3 Å². The van der Waals surface area contributed by atoms with E-state index in [0.717, 1.165) is 18.4 Å². The number of carbonyl (C=O) groups excluding carboxylic acids is 1. The first kappa shape index (κ1) is 21.0. The van der Waals surface area contributed by atoms with Gasteiger partial charge in [-0.1, -0.05) is 11.8 Å². The Labute approximate surface area is 164 Å². The third kappa shape index (κ3) is 5.62. The number of benzene rings is 2. The summed E-state index contributed by atoms with van der Waals surface area (Å²) in [7, 11) is -1.19. The lowest BCUT2D eigenvalue weighted by molar-refractivity contribution is -0.142. The van der Waals surface area contributed by atoms with Crippen molar-refractivity contribution in [2.75, 3.05) is 14.2 Å². The highest BCUT2D eigenvalue weighted by Gasteiger charge is 2.25. The van der Waals surface area contributed by atoms with E-state index in [0.29, 0.717) is 5.56 Å². The molecule has 144 valence electrons. The third-order valence-electron chi connectivity index (χ3n) is 3.71. The summed E-state index contributed by atoms with van der Waals surface area (Å²) in [6.45, 7) is 0. The number of hydrogen-bond acceptors (Lipinski definition) is 5. The van der Waals surface area contributed by atoms with Crippen LogP contribution in [0.5, 0.6) is 5.75 Å². The van der Waals surface area contributed by atoms with E-state index < -0.39 is 22.0 Å². The smallest absolute Gasteiger partial charge is 0.324 e. The van der Waals surface area contributed by atoms with E-state index in [1.54, 1.807) is 31.4 Å². The maximum Gasteiger partial charge on any atom is 0.324 e. The Bertz CT molecular complexity index is 1020. The molecule has 0 fully saturated rings. The Morgan fingerprint density at radius 2 is 1.57 bits per heavy atom. The van der Waals surface area contributed by atoms with Gasteiger partial charge in [0.15, 0.2) is 0 Å². The predicted octanol–water partition coefficient (Wildman–Crippen LogP) is 1.94. The Morgan fingerprint density at radius 1 is 1.04 bits per heavy atom. The molecule has 6 nitrogen and oxygen atoms in total. The number of esters is 1. The second-order valence-corrected chi connectivity index (χ2v) is 7.32. The summed E-state index contributed by atoms with van der Waals surface area (Å²) in [5, 5.41) is 0. The molecule has 0 amide bonds. The van der Waals surface area contributed by atoms with Gasteiger partial charge in [-0.05, 0) is 48.5 Å². The van der Waals surface area contributed by atoms with Gasteiger partial charge in [-0.3, -0.25) is 4.79 Å². The molecule has 0 heterocycles. The zero-order valence-corrected chi connectivity index (χ0v) is 16.2. The molecule has 0 spiro atoms. The van der Waals surface area contributed by atoms with Crippen molar-refractivity contribution in [1.29, 1.82) is 0 Å².